The zero-order valence-corrected chi connectivity index (χ0v) is 14.6. The van der Waals surface area contributed by atoms with Crippen LogP contribution >= 0.6 is 15.9 Å². The SMILES string of the molecule is Cc1ccc(Br)cc1S(=O)(=O)NC1CCC(C)CC1C. The monoisotopic (exact) mass is 359 g/mol. The molecule has 1 fully saturated rings. The van der Waals surface area contributed by atoms with Gasteiger partial charge in [0, 0.05) is 10.5 Å². The molecule has 5 heteroatoms. The van der Waals surface area contributed by atoms with Crippen LogP contribution < -0.4 is 4.72 Å². The first-order valence-electron chi connectivity index (χ1n) is 7.08. The van der Waals surface area contributed by atoms with Crippen LogP contribution in [0.4, 0.5) is 0 Å². The molecule has 0 saturated heterocycles. The maximum Gasteiger partial charge on any atom is 0.241 e. The number of hydrogen-bond donors (Lipinski definition) is 1. The lowest BCUT2D eigenvalue weighted by molar-refractivity contribution is 0.249. The Hall–Kier alpha value is -0.390. The molecule has 20 heavy (non-hydrogen) atoms. The van der Waals surface area contributed by atoms with Crippen LogP contribution in [0.2, 0.25) is 0 Å². The van der Waals surface area contributed by atoms with Crippen LogP contribution in [0.5, 0.6) is 0 Å². The van der Waals surface area contributed by atoms with E-state index in [4.69, 9.17) is 0 Å². The number of benzene rings is 1. The van der Waals surface area contributed by atoms with E-state index in [1.54, 1.807) is 6.07 Å². The second-order valence-corrected chi connectivity index (χ2v) is 8.63. The normalized spacial score (nSPS) is 27.5. The Morgan fingerprint density at radius 1 is 1.25 bits per heavy atom. The predicted molar refractivity (Wildman–Crippen MR) is 85.2 cm³/mol. The first-order chi connectivity index (χ1) is 9.29. The molecule has 0 amide bonds. The minimum Gasteiger partial charge on any atom is -0.208 e. The van der Waals surface area contributed by atoms with Crippen LogP contribution in [0.25, 0.3) is 0 Å². The van der Waals surface area contributed by atoms with E-state index in [9.17, 15) is 8.42 Å². The van der Waals surface area contributed by atoms with Crippen LogP contribution in [-0.4, -0.2) is 14.5 Å². The minimum atomic E-state index is -3.44. The lowest BCUT2D eigenvalue weighted by Crippen LogP contribution is -2.42. The molecule has 1 aromatic rings. The zero-order chi connectivity index (χ0) is 14.9. The Morgan fingerprint density at radius 3 is 2.60 bits per heavy atom. The van der Waals surface area contributed by atoms with E-state index in [0.29, 0.717) is 16.7 Å². The van der Waals surface area contributed by atoms with Crippen LogP contribution in [0.3, 0.4) is 0 Å². The van der Waals surface area contributed by atoms with Gasteiger partial charge in [-0.2, -0.15) is 0 Å². The van der Waals surface area contributed by atoms with Crippen molar-refractivity contribution in [1.82, 2.24) is 4.72 Å². The van der Waals surface area contributed by atoms with E-state index in [0.717, 1.165) is 29.3 Å². The maximum atomic E-state index is 12.6. The fourth-order valence-corrected chi connectivity index (χ4v) is 5.13. The number of aryl methyl sites for hydroxylation is 1. The number of nitrogens with one attached hydrogen (secondary N) is 1. The lowest BCUT2D eigenvalue weighted by Gasteiger charge is -2.33. The number of halogens is 1. The quantitative estimate of drug-likeness (QED) is 0.890. The topological polar surface area (TPSA) is 46.2 Å². The first-order valence-corrected chi connectivity index (χ1v) is 9.35. The fourth-order valence-electron chi connectivity index (χ4n) is 2.97. The third kappa shape index (κ3) is 3.62. The Morgan fingerprint density at radius 2 is 1.95 bits per heavy atom. The van der Waals surface area contributed by atoms with Gasteiger partial charge in [-0.15, -0.1) is 0 Å². The van der Waals surface area contributed by atoms with E-state index in [1.165, 1.54) is 0 Å². The van der Waals surface area contributed by atoms with Crippen molar-refractivity contribution in [3.63, 3.8) is 0 Å². The summed E-state index contributed by atoms with van der Waals surface area (Å²) < 4.78 is 28.8. The van der Waals surface area contributed by atoms with Gasteiger partial charge in [0.15, 0.2) is 0 Å². The standard InChI is InChI=1S/C15H22BrNO2S/c1-10-4-7-14(12(3)8-10)17-20(18,19)15-9-13(16)6-5-11(15)2/h5-6,9-10,12,14,17H,4,7-8H2,1-3H3. The lowest BCUT2D eigenvalue weighted by atomic mass is 9.80. The van der Waals surface area contributed by atoms with Gasteiger partial charge in [-0.3, -0.25) is 0 Å². The highest BCUT2D eigenvalue weighted by atomic mass is 79.9. The summed E-state index contributed by atoms with van der Waals surface area (Å²) >= 11 is 3.34. The van der Waals surface area contributed by atoms with Crippen molar-refractivity contribution in [2.45, 2.75) is 51.0 Å². The second-order valence-electron chi connectivity index (χ2n) is 6.03. The molecule has 3 unspecified atom stereocenters. The molecule has 2 rings (SSSR count). The first kappa shape index (κ1) is 16.0. The molecule has 0 spiro atoms. The van der Waals surface area contributed by atoms with Gasteiger partial charge in [-0.1, -0.05) is 35.8 Å². The molecule has 1 aromatic carbocycles. The zero-order valence-electron chi connectivity index (χ0n) is 12.2. The Balaban J connectivity index is 2.21. The fraction of sp³-hybridized carbons (Fsp3) is 0.600. The van der Waals surface area contributed by atoms with Crippen LogP contribution in [0.1, 0.15) is 38.7 Å². The van der Waals surface area contributed by atoms with Gasteiger partial charge < -0.3 is 0 Å². The van der Waals surface area contributed by atoms with Crippen LogP contribution in [0.15, 0.2) is 27.6 Å². The summed E-state index contributed by atoms with van der Waals surface area (Å²) in [7, 11) is -3.44. The third-order valence-corrected chi connectivity index (χ3v) is 6.30. The molecule has 112 valence electrons. The van der Waals surface area contributed by atoms with E-state index in [2.05, 4.69) is 34.5 Å². The van der Waals surface area contributed by atoms with Gasteiger partial charge in [-0.25, -0.2) is 13.1 Å². The van der Waals surface area contributed by atoms with Crippen molar-refractivity contribution < 1.29 is 8.42 Å². The van der Waals surface area contributed by atoms with Crippen LogP contribution in [0, 0.1) is 18.8 Å². The Labute approximate surface area is 130 Å². The van der Waals surface area contributed by atoms with Gasteiger partial charge in [-0.05, 0) is 55.7 Å². The summed E-state index contributed by atoms with van der Waals surface area (Å²) in [4.78, 5) is 0.373. The van der Waals surface area contributed by atoms with Gasteiger partial charge in [0.25, 0.3) is 0 Å². The molecule has 3 atom stereocenters. The molecule has 0 aromatic heterocycles. The Kier molecular flexibility index (Phi) is 4.92. The molecule has 0 heterocycles. The highest BCUT2D eigenvalue weighted by Gasteiger charge is 2.29. The second kappa shape index (κ2) is 6.16. The van der Waals surface area contributed by atoms with E-state index in [-0.39, 0.29) is 6.04 Å². The summed E-state index contributed by atoms with van der Waals surface area (Å²) in [5.41, 5.74) is 0.775. The van der Waals surface area contributed by atoms with Gasteiger partial charge in [0.2, 0.25) is 10.0 Å². The van der Waals surface area contributed by atoms with Crippen molar-refractivity contribution in [3.05, 3.63) is 28.2 Å². The number of hydrogen-bond acceptors (Lipinski definition) is 2. The van der Waals surface area contributed by atoms with Crippen LogP contribution in [-0.2, 0) is 10.0 Å². The summed E-state index contributed by atoms with van der Waals surface area (Å²) in [6.45, 7) is 6.20. The largest absolute Gasteiger partial charge is 0.241 e. The highest BCUT2D eigenvalue weighted by Crippen LogP contribution is 2.30. The van der Waals surface area contributed by atoms with Crippen molar-refractivity contribution >= 4 is 26.0 Å². The Bertz CT molecular complexity index is 586. The molecular formula is C15H22BrNO2S. The van der Waals surface area contributed by atoms with Crippen molar-refractivity contribution in [2.24, 2.45) is 11.8 Å². The molecule has 0 aliphatic heterocycles. The molecule has 1 aliphatic carbocycles. The predicted octanol–water partition coefficient (Wildman–Crippen LogP) is 3.86. The van der Waals surface area contributed by atoms with Gasteiger partial charge >= 0.3 is 0 Å². The average molecular weight is 360 g/mol. The summed E-state index contributed by atoms with van der Waals surface area (Å²) in [5.74, 6) is 1.08. The van der Waals surface area contributed by atoms with E-state index >= 15 is 0 Å². The number of rotatable bonds is 3. The minimum absolute atomic E-state index is 0.0505. The molecule has 0 bridgehead atoms. The van der Waals surface area contributed by atoms with Crippen molar-refractivity contribution in [2.75, 3.05) is 0 Å². The number of sulfonamides is 1. The van der Waals surface area contributed by atoms with Gasteiger partial charge in [0.1, 0.15) is 0 Å². The molecular weight excluding hydrogens is 338 g/mol. The maximum absolute atomic E-state index is 12.6. The molecule has 1 saturated carbocycles. The van der Waals surface area contributed by atoms with E-state index < -0.39 is 10.0 Å². The average Bonchev–Trinajstić information content (AvgIpc) is 2.35. The summed E-state index contributed by atoms with van der Waals surface area (Å²) in [6, 6.07) is 5.41. The van der Waals surface area contributed by atoms with Gasteiger partial charge in [0.05, 0.1) is 4.90 Å². The molecule has 3 nitrogen and oxygen atoms in total. The van der Waals surface area contributed by atoms with Crippen molar-refractivity contribution in [3.8, 4) is 0 Å². The molecule has 1 N–H and O–H groups in total. The smallest absolute Gasteiger partial charge is 0.208 e. The molecule has 1 aliphatic rings. The van der Waals surface area contributed by atoms with Crippen molar-refractivity contribution in [1.29, 1.82) is 0 Å². The molecule has 0 radical (unpaired) electrons. The third-order valence-electron chi connectivity index (χ3n) is 4.18. The summed E-state index contributed by atoms with van der Waals surface area (Å²) in [6.07, 6.45) is 3.11. The van der Waals surface area contributed by atoms with E-state index in [1.807, 2.05) is 19.1 Å². The highest BCUT2D eigenvalue weighted by molar-refractivity contribution is 9.10. The summed E-state index contributed by atoms with van der Waals surface area (Å²) in [5, 5.41) is 0.